The Labute approximate surface area is 122 Å². The Hall–Kier alpha value is -1.01. The summed E-state index contributed by atoms with van der Waals surface area (Å²) in [5, 5.41) is 14.7. The SMILES string of the molecule is CC(C)CNc1nnc(-c2cnc(C(C)(C)C)s2)s1. The van der Waals surface area contributed by atoms with Crippen LogP contribution in [0.3, 0.4) is 0 Å². The minimum Gasteiger partial charge on any atom is -0.360 e. The summed E-state index contributed by atoms with van der Waals surface area (Å²) in [5.41, 5.74) is 0.0896. The van der Waals surface area contributed by atoms with Crippen LogP contribution in [-0.4, -0.2) is 21.7 Å². The number of nitrogens with one attached hydrogen (secondary N) is 1. The predicted molar refractivity (Wildman–Crippen MR) is 83.0 cm³/mol. The molecule has 2 aromatic heterocycles. The van der Waals surface area contributed by atoms with Gasteiger partial charge in [0.15, 0.2) is 5.01 Å². The number of rotatable bonds is 4. The third-order valence-corrected chi connectivity index (χ3v) is 4.92. The first kappa shape index (κ1) is 14.4. The monoisotopic (exact) mass is 296 g/mol. The average molecular weight is 296 g/mol. The molecule has 1 N–H and O–H groups in total. The number of aromatic nitrogens is 3. The topological polar surface area (TPSA) is 50.7 Å². The molecular weight excluding hydrogens is 276 g/mol. The second-order valence-corrected chi connectivity index (χ2v) is 7.97. The number of anilines is 1. The summed E-state index contributed by atoms with van der Waals surface area (Å²) in [6.07, 6.45) is 1.90. The van der Waals surface area contributed by atoms with E-state index in [-0.39, 0.29) is 5.41 Å². The van der Waals surface area contributed by atoms with Crippen molar-refractivity contribution in [3.8, 4) is 9.88 Å². The van der Waals surface area contributed by atoms with Crippen LogP contribution in [0.5, 0.6) is 0 Å². The van der Waals surface area contributed by atoms with Gasteiger partial charge in [0.05, 0.1) is 9.88 Å². The Morgan fingerprint density at radius 2 is 1.95 bits per heavy atom. The second kappa shape index (κ2) is 5.54. The molecule has 6 heteroatoms. The normalized spacial score (nSPS) is 12.1. The maximum Gasteiger partial charge on any atom is 0.206 e. The molecule has 0 fully saturated rings. The van der Waals surface area contributed by atoms with Crippen LogP contribution in [0.2, 0.25) is 0 Å². The lowest BCUT2D eigenvalue weighted by atomic mass is 9.98. The van der Waals surface area contributed by atoms with Gasteiger partial charge in [-0.25, -0.2) is 4.98 Å². The van der Waals surface area contributed by atoms with E-state index in [1.54, 1.807) is 22.7 Å². The lowest BCUT2D eigenvalue weighted by Crippen LogP contribution is -2.09. The quantitative estimate of drug-likeness (QED) is 0.925. The third-order valence-electron chi connectivity index (χ3n) is 2.44. The van der Waals surface area contributed by atoms with Crippen LogP contribution in [0.1, 0.15) is 39.6 Å². The molecule has 104 valence electrons. The lowest BCUT2D eigenvalue weighted by Gasteiger charge is -2.13. The number of hydrogen-bond acceptors (Lipinski definition) is 6. The fourth-order valence-electron chi connectivity index (χ4n) is 1.41. The number of hydrogen-bond donors (Lipinski definition) is 1. The highest BCUT2D eigenvalue weighted by Crippen LogP contribution is 2.34. The van der Waals surface area contributed by atoms with Gasteiger partial charge in [0.1, 0.15) is 0 Å². The predicted octanol–water partition coefficient (Wildman–Crippen LogP) is 4.03. The number of thiazole rings is 1. The Morgan fingerprint density at radius 3 is 2.53 bits per heavy atom. The molecular formula is C13H20N4S2. The van der Waals surface area contributed by atoms with E-state index < -0.39 is 0 Å². The fourth-order valence-corrected chi connectivity index (χ4v) is 3.16. The molecule has 19 heavy (non-hydrogen) atoms. The van der Waals surface area contributed by atoms with Gasteiger partial charge in [-0.15, -0.1) is 21.5 Å². The van der Waals surface area contributed by atoms with E-state index >= 15 is 0 Å². The molecule has 0 amide bonds. The van der Waals surface area contributed by atoms with Crippen molar-refractivity contribution < 1.29 is 0 Å². The number of nitrogens with zero attached hydrogens (tertiary/aromatic N) is 3. The maximum atomic E-state index is 4.48. The summed E-state index contributed by atoms with van der Waals surface area (Å²) in [6.45, 7) is 11.8. The van der Waals surface area contributed by atoms with Gasteiger partial charge in [0.2, 0.25) is 5.13 Å². The van der Waals surface area contributed by atoms with Crippen LogP contribution in [-0.2, 0) is 5.41 Å². The minimum absolute atomic E-state index is 0.0896. The Bertz CT molecular complexity index is 537. The van der Waals surface area contributed by atoms with Crippen molar-refractivity contribution in [1.82, 2.24) is 15.2 Å². The van der Waals surface area contributed by atoms with Crippen LogP contribution in [0.25, 0.3) is 9.88 Å². The lowest BCUT2D eigenvalue weighted by molar-refractivity contribution is 0.585. The second-order valence-electron chi connectivity index (χ2n) is 5.97. The highest BCUT2D eigenvalue weighted by molar-refractivity contribution is 7.23. The molecule has 4 nitrogen and oxygen atoms in total. The molecule has 0 aliphatic heterocycles. The smallest absolute Gasteiger partial charge is 0.206 e. The molecule has 0 atom stereocenters. The van der Waals surface area contributed by atoms with Crippen LogP contribution in [0.4, 0.5) is 5.13 Å². The molecule has 0 bridgehead atoms. The van der Waals surface area contributed by atoms with Crippen molar-refractivity contribution in [3.63, 3.8) is 0 Å². The first-order chi connectivity index (χ1) is 8.86. The largest absolute Gasteiger partial charge is 0.360 e. The van der Waals surface area contributed by atoms with Gasteiger partial charge < -0.3 is 5.32 Å². The van der Waals surface area contributed by atoms with E-state index in [1.165, 1.54) is 0 Å². The molecule has 2 heterocycles. The molecule has 0 aliphatic carbocycles. The summed E-state index contributed by atoms with van der Waals surface area (Å²) in [4.78, 5) is 5.58. The van der Waals surface area contributed by atoms with Crippen LogP contribution in [0, 0.1) is 5.92 Å². The molecule has 2 rings (SSSR count). The molecule has 0 radical (unpaired) electrons. The standard InChI is InChI=1S/C13H20N4S2/c1-8(2)6-15-12-17-16-10(19-12)9-7-14-11(18-9)13(3,4)5/h7-8H,6H2,1-5H3,(H,15,17). The van der Waals surface area contributed by atoms with Gasteiger partial charge in [0.25, 0.3) is 0 Å². The molecule has 0 unspecified atom stereocenters. The van der Waals surface area contributed by atoms with Gasteiger partial charge in [-0.3, -0.25) is 0 Å². The van der Waals surface area contributed by atoms with Crippen LogP contribution >= 0.6 is 22.7 Å². The zero-order chi connectivity index (χ0) is 14.0. The third kappa shape index (κ3) is 3.73. The van der Waals surface area contributed by atoms with E-state index in [1.807, 2.05) is 6.20 Å². The van der Waals surface area contributed by atoms with E-state index in [0.29, 0.717) is 5.92 Å². The summed E-state index contributed by atoms with van der Waals surface area (Å²) in [5.74, 6) is 0.600. The Morgan fingerprint density at radius 1 is 1.21 bits per heavy atom. The molecule has 0 saturated carbocycles. The van der Waals surface area contributed by atoms with Crippen LogP contribution < -0.4 is 5.32 Å². The summed E-state index contributed by atoms with van der Waals surface area (Å²) in [7, 11) is 0. The van der Waals surface area contributed by atoms with Gasteiger partial charge >= 0.3 is 0 Å². The van der Waals surface area contributed by atoms with Crippen molar-refractivity contribution in [2.24, 2.45) is 5.92 Å². The van der Waals surface area contributed by atoms with Crippen molar-refractivity contribution in [2.75, 3.05) is 11.9 Å². The molecule has 0 saturated heterocycles. The van der Waals surface area contributed by atoms with Gasteiger partial charge in [-0.05, 0) is 5.92 Å². The van der Waals surface area contributed by atoms with E-state index in [4.69, 9.17) is 0 Å². The van der Waals surface area contributed by atoms with Crippen molar-refractivity contribution in [3.05, 3.63) is 11.2 Å². The summed E-state index contributed by atoms with van der Waals surface area (Å²) >= 11 is 3.29. The first-order valence-corrected chi connectivity index (χ1v) is 8.03. The zero-order valence-electron chi connectivity index (χ0n) is 12.0. The van der Waals surface area contributed by atoms with Gasteiger partial charge in [-0.1, -0.05) is 46.0 Å². The van der Waals surface area contributed by atoms with Crippen LogP contribution in [0.15, 0.2) is 6.20 Å². The average Bonchev–Trinajstić information content (AvgIpc) is 2.94. The van der Waals surface area contributed by atoms with E-state index in [9.17, 15) is 0 Å². The van der Waals surface area contributed by atoms with Gasteiger partial charge in [-0.2, -0.15) is 0 Å². The highest BCUT2D eigenvalue weighted by Gasteiger charge is 2.19. The minimum atomic E-state index is 0.0896. The molecule has 0 aromatic carbocycles. The Kier molecular flexibility index (Phi) is 4.20. The van der Waals surface area contributed by atoms with Gasteiger partial charge in [0, 0.05) is 18.2 Å². The van der Waals surface area contributed by atoms with E-state index in [0.717, 1.165) is 26.6 Å². The summed E-state index contributed by atoms with van der Waals surface area (Å²) in [6, 6.07) is 0. The molecule has 0 spiro atoms. The zero-order valence-corrected chi connectivity index (χ0v) is 13.7. The summed E-state index contributed by atoms with van der Waals surface area (Å²) < 4.78 is 0. The maximum absolute atomic E-state index is 4.48. The molecule has 2 aromatic rings. The highest BCUT2D eigenvalue weighted by atomic mass is 32.1. The van der Waals surface area contributed by atoms with Crippen molar-refractivity contribution in [1.29, 1.82) is 0 Å². The Balaban J connectivity index is 2.12. The molecule has 0 aliphatic rings. The van der Waals surface area contributed by atoms with Crippen molar-refractivity contribution >= 4 is 27.8 Å². The van der Waals surface area contributed by atoms with Crippen molar-refractivity contribution in [2.45, 2.75) is 40.0 Å². The van der Waals surface area contributed by atoms with E-state index in [2.05, 4.69) is 55.1 Å². The fraction of sp³-hybridized carbons (Fsp3) is 0.615. The first-order valence-electron chi connectivity index (χ1n) is 6.40.